The lowest BCUT2D eigenvalue weighted by atomic mass is 10.00. The van der Waals surface area contributed by atoms with Gasteiger partial charge in [0.2, 0.25) is 0 Å². The first kappa shape index (κ1) is 11.4. The maximum atomic E-state index is 9.12. The summed E-state index contributed by atoms with van der Waals surface area (Å²) in [7, 11) is 1.92. The van der Waals surface area contributed by atoms with Crippen molar-refractivity contribution in [3.8, 4) is 6.07 Å². The third-order valence-corrected chi connectivity index (χ3v) is 4.24. The molecule has 0 amide bonds. The molecule has 2 rings (SSSR count). The summed E-state index contributed by atoms with van der Waals surface area (Å²) in [5, 5.41) is 18.0. The zero-order chi connectivity index (χ0) is 11.8. The summed E-state index contributed by atoms with van der Waals surface area (Å²) in [6.45, 7) is 1.90. The second kappa shape index (κ2) is 4.07. The van der Waals surface area contributed by atoms with Crippen LogP contribution in [0.1, 0.15) is 18.7 Å². The number of nitriles is 1. The van der Waals surface area contributed by atoms with Crippen molar-refractivity contribution in [1.29, 1.82) is 5.26 Å². The molecular formula is C10H15N5S. The highest BCUT2D eigenvalue weighted by molar-refractivity contribution is 7.99. The van der Waals surface area contributed by atoms with Crippen LogP contribution in [0.5, 0.6) is 0 Å². The van der Waals surface area contributed by atoms with Gasteiger partial charge in [-0.3, -0.25) is 0 Å². The highest BCUT2D eigenvalue weighted by atomic mass is 32.2. The maximum Gasteiger partial charge on any atom is 0.191 e. The molecule has 1 fully saturated rings. The molecule has 16 heavy (non-hydrogen) atoms. The van der Waals surface area contributed by atoms with Crippen molar-refractivity contribution < 1.29 is 0 Å². The number of hydrogen-bond donors (Lipinski definition) is 1. The van der Waals surface area contributed by atoms with Gasteiger partial charge in [0, 0.05) is 12.8 Å². The van der Waals surface area contributed by atoms with E-state index >= 15 is 0 Å². The Hall–Kier alpha value is -1.06. The summed E-state index contributed by atoms with van der Waals surface area (Å²) in [6, 6.07) is 2.24. The highest BCUT2D eigenvalue weighted by Crippen LogP contribution is 2.40. The SMILES string of the molecule is Cc1nnc(SCC(N)(C#N)C2CC2)n1C. The number of aromatic nitrogens is 3. The molecule has 86 valence electrons. The van der Waals surface area contributed by atoms with E-state index in [1.54, 1.807) is 0 Å². The second-order valence-electron chi connectivity index (χ2n) is 4.30. The van der Waals surface area contributed by atoms with E-state index < -0.39 is 5.54 Å². The molecule has 1 atom stereocenters. The highest BCUT2D eigenvalue weighted by Gasteiger charge is 2.42. The van der Waals surface area contributed by atoms with Crippen LogP contribution in [0.2, 0.25) is 0 Å². The lowest BCUT2D eigenvalue weighted by Crippen LogP contribution is -2.43. The topological polar surface area (TPSA) is 80.5 Å². The molecule has 1 saturated carbocycles. The van der Waals surface area contributed by atoms with E-state index in [-0.39, 0.29) is 0 Å². The standard InChI is InChI=1S/C10H15N5S/c1-7-13-14-9(15(7)2)16-6-10(12,5-11)8-3-4-8/h8H,3-4,6,12H2,1-2H3. The molecule has 1 aliphatic carbocycles. The smallest absolute Gasteiger partial charge is 0.191 e. The van der Waals surface area contributed by atoms with Gasteiger partial charge in [-0.05, 0) is 25.7 Å². The first-order valence-corrected chi connectivity index (χ1v) is 6.24. The van der Waals surface area contributed by atoms with E-state index in [0.717, 1.165) is 23.8 Å². The quantitative estimate of drug-likeness (QED) is 0.785. The van der Waals surface area contributed by atoms with Crippen molar-refractivity contribution in [2.75, 3.05) is 5.75 Å². The predicted octanol–water partition coefficient (Wildman–Crippen LogP) is 0.847. The Balaban J connectivity index is 2.01. The predicted molar refractivity (Wildman–Crippen MR) is 61.7 cm³/mol. The molecule has 5 nitrogen and oxygen atoms in total. The number of nitrogens with two attached hydrogens (primary N) is 1. The first-order chi connectivity index (χ1) is 7.57. The summed E-state index contributed by atoms with van der Waals surface area (Å²) in [5.41, 5.74) is 5.36. The molecule has 1 aromatic heterocycles. The number of nitrogens with zero attached hydrogens (tertiary/aromatic N) is 4. The fourth-order valence-corrected chi connectivity index (χ4v) is 2.63. The van der Waals surface area contributed by atoms with Crippen molar-refractivity contribution in [3.05, 3.63) is 5.82 Å². The summed E-state index contributed by atoms with van der Waals surface area (Å²) >= 11 is 1.51. The second-order valence-corrected chi connectivity index (χ2v) is 5.25. The van der Waals surface area contributed by atoms with Gasteiger partial charge in [-0.15, -0.1) is 10.2 Å². The Morgan fingerprint density at radius 3 is 2.75 bits per heavy atom. The summed E-state index contributed by atoms with van der Waals surface area (Å²) in [6.07, 6.45) is 2.14. The zero-order valence-corrected chi connectivity index (χ0v) is 10.3. The largest absolute Gasteiger partial charge is 0.312 e. The van der Waals surface area contributed by atoms with Crippen LogP contribution in [0.3, 0.4) is 0 Å². The number of thioether (sulfide) groups is 1. The molecule has 0 aliphatic heterocycles. The minimum Gasteiger partial charge on any atom is -0.312 e. The molecule has 1 unspecified atom stereocenters. The Labute approximate surface area is 99.0 Å². The minimum absolute atomic E-state index is 0.360. The van der Waals surface area contributed by atoms with Gasteiger partial charge in [0.15, 0.2) is 5.16 Å². The van der Waals surface area contributed by atoms with Crippen LogP contribution in [0.15, 0.2) is 5.16 Å². The third-order valence-electron chi connectivity index (χ3n) is 3.01. The van der Waals surface area contributed by atoms with E-state index in [2.05, 4.69) is 16.3 Å². The fourth-order valence-electron chi connectivity index (χ4n) is 1.54. The van der Waals surface area contributed by atoms with Gasteiger partial charge >= 0.3 is 0 Å². The van der Waals surface area contributed by atoms with Crippen molar-refractivity contribution in [2.24, 2.45) is 18.7 Å². The molecule has 0 saturated heterocycles. The minimum atomic E-state index is -0.704. The maximum absolute atomic E-state index is 9.12. The van der Waals surface area contributed by atoms with Gasteiger partial charge in [-0.25, -0.2) is 0 Å². The van der Waals surface area contributed by atoms with Crippen LogP contribution >= 0.6 is 11.8 Å². The van der Waals surface area contributed by atoms with Gasteiger partial charge in [0.25, 0.3) is 0 Å². The summed E-state index contributed by atoms with van der Waals surface area (Å²) in [4.78, 5) is 0. The zero-order valence-electron chi connectivity index (χ0n) is 9.47. The van der Waals surface area contributed by atoms with E-state index in [1.807, 2.05) is 18.5 Å². The van der Waals surface area contributed by atoms with Crippen LogP contribution in [0.25, 0.3) is 0 Å². The molecule has 1 aromatic rings. The number of aryl methyl sites for hydroxylation is 1. The van der Waals surface area contributed by atoms with Crippen molar-refractivity contribution in [2.45, 2.75) is 30.5 Å². The lowest BCUT2D eigenvalue weighted by Gasteiger charge is -2.19. The Morgan fingerprint density at radius 2 is 2.31 bits per heavy atom. The molecular weight excluding hydrogens is 222 g/mol. The number of hydrogen-bond acceptors (Lipinski definition) is 5. The normalized spacial score (nSPS) is 19.1. The van der Waals surface area contributed by atoms with Crippen LogP contribution in [-0.4, -0.2) is 26.1 Å². The van der Waals surface area contributed by atoms with Crippen molar-refractivity contribution in [1.82, 2.24) is 14.8 Å². The van der Waals surface area contributed by atoms with E-state index in [1.165, 1.54) is 11.8 Å². The van der Waals surface area contributed by atoms with Crippen molar-refractivity contribution in [3.63, 3.8) is 0 Å². The lowest BCUT2D eigenvalue weighted by molar-refractivity contribution is 0.531. The molecule has 0 radical (unpaired) electrons. The van der Waals surface area contributed by atoms with Gasteiger partial charge in [0.05, 0.1) is 6.07 Å². The molecule has 0 spiro atoms. The molecule has 1 heterocycles. The average Bonchev–Trinajstić information content (AvgIpc) is 3.07. The third kappa shape index (κ3) is 2.06. The molecule has 2 N–H and O–H groups in total. The molecule has 1 aliphatic rings. The Kier molecular flexibility index (Phi) is 2.91. The van der Waals surface area contributed by atoms with Gasteiger partial charge < -0.3 is 10.3 Å². The van der Waals surface area contributed by atoms with E-state index in [4.69, 9.17) is 11.0 Å². The van der Waals surface area contributed by atoms with Crippen LogP contribution < -0.4 is 5.73 Å². The van der Waals surface area contributed by atoms with Gasteiger partial charge in [-0.1, -0.05) is 11.8 Å². The van der Waals surface area contributed by atoms with Crippen LogP contribution in [-0.2, 0) is 7.05 Å². The average molecular weight is 237 g/mol. The number of rotatable bonds is 4. The molecule has 0 bridgehead atoms. The van der Waals surface area contributed by atoms with Crippen LogP contribution in [0, 0.1) is 24.2 Å². The monoisotopic (exact) mass is 237 g/mol. The van der Waals surface area contributed by atoms with E-state index in [9.17, 15) is 0 Å². The Bertz CT molecular complexity index is 431. The van der Waals surface area contributed by atoms with Crippen molar-refractivity contribution >= 4 is 11.8 Å². The molecule has 0 aromatic carbocycles. The Morgan fingerprint density at radius 1 is 1.62 bits per heavy atom. The summed E-state index contributed by atoms with van der Waals surface area (Å²) < 4.78 is 1.91. The van der Waals surface area contributed by atoms with Gasteiger partial charge in [-0.2, -0.15) is 5.26 Å². The van der Waals surface area contributed by atoms with E-state index in [0.29, 0.717) is 11.7 Å². The summed E-state index contributed by atoms with van der Waals surface area (Å²) in [5.74, 6) is 1.81. The first-order valence-electron chi connectivity index (χ1n) is 5.26. The van der Waals surface area contributed by atoms with Gasteiger partial charge in [0.1, 0.15) is 11.4 Å². The fraction of sp³-hybridized carbons (Fsp3) is 0.700. The van der Waals surface area contributed by atoms with Crippen LogP contribution in [0.4, 0.5) is 0 Å². The molecule has 6 heteroatoms.